The van der Waals surface area contributed by atoms with Crippen molar-refractivity contribution in [2.45, 2.75) is 45.1 Å². The van der Waals surface area contributed by atoms with Crippen LogP contribution in [0.1, 0.15) is 49.4 Å². The maximum Gasteiger partial charge on any atom is 0.257 e. The van der Waals surface area contributed by atoms with E-state index in [-0.39, 0.29) is 30.0 Å². The first kappa shape index (κ1) is 22.0. The van der Waals surface area contributed by atoms with E-state index in [4.69, 9.17) is 5.73 Å². The van der Waals surface area contributed by atoms with Gasteiger partial charge in [-0.25, -0.2) is 8.78 Å². The molecule has 30 heavy (non-hydrogen) atoms. The molecule has 2 aliphatic rings. The molecule has 3 rings (SSSR count). The molecule has 7 nitrogen and oxygen atoms in total. The number of amides is 3. The van der Waals surface area contributed by atoms with Crippen LogP contribution in [0, 0.1) is 17.6 Å². The third-order valence-electron chi connectivity index (χ3n) is 5.84. The minimum atomic E-state index is -1.02. The van der Waals surface area contributed by atoms with Crippen molar-refractivity contribution in [2.75, 3.05) is 31.9 Å². The van der Waals surface area contributed by atoms with Gasteiger partial charge in [-0.3, -0.25) is 14.4 Å². The Kier molecular flexibility index (Phi) is 6.89. The molecule has 0 spiro atoms. The van der Waals surface area contributed by atoms with E-state index >= 15 is 0 Å². The van der Waals surface area contributed by atoms with Crippen LogP contribution < -0.4 is 11.1 Å². The number of nitrogens with one attached hydrogen (secondary N) is 1. The monoisotopic (exact) mass is 422 g/mol. The van der Waals surface area contributed by atoms with Crippen LogP contribution in [0.5, 0.6) is 0 Å². The summed E-state index contributed by atoms with van der Waals surface area (Å²) < 4.78 is 28.1. The quantitative estimate of drug-likeness (QED) is 0.725. The van der Waals surface area contributed by atoms with Gasteiger partial charge >= 0.3 is 0 Å². The van der Waals surface area contributed by atoms with Crippen LogP contribution in [-0.4, -0.2) is 59.7 Å². The molecule has 0 aliphatic carbocycles. The topological polar surface area (TPSA) is 95.7 Å². The number of likely N-dealkylation sites (tertiary alicyclic amines) is 2. The Morgan fingerprint density at radius 3 is 2.53 bits per heavy atom. The highest BCUT2D eigenvalue weighted by Gasteiger charge is 2.34. The number of carbonyl (C=O) groups excluding carboxylic acids is 3. The number of halogens is 2. The maximum absolute atomic E-state index is 14.1. The summed E-state index contributed by atoms with van der Waals surface area (Å²) in [6, 6.07) is 1.41. The SMILES string of the molecule is CCN1CC(C(=O)N2CCCCC(NC(=O)c3c(F)cc(N)cc3F)C2)CCC1=O. The van der Waals surface area contributed by atoms with Gasteiger partial charge in [0.15, 0.2) is 0 Å². The fourth-order valence-corrected chi connectivity index (χ4v) is 4.21. The molecule has 9 heteroatoms. The molecule has 1 aromatic rings. The van der Waals surface area contributed by atoms with E-state index in [9.17, 15) is 23.2 Å². The van der Waals surface area contributed by atoms with Crippen LogP contribution in [0.4, 0.5) is 14.5 Å². The van der Waals surface area contributed by atoms with Crippen molar-refractivity contribution < 1.29 is 23.2 Å². The number of carbonyl (C=O) groups is 3. The maximum atomic E-state index is 14.1. The molecular formula is C21H28F2N4O3. The number of anilines is 1. The van der Waals surface area contributed by atoms with E-state index in [0.717, 1.165) is 25.0 Å². The average molecular weight is 422 g/mol. The molecule has 0 radical (unpaired) electrons. The third kappa shape index (κ3) is 4.88. The van der Waals surface area contributed by atoms with Crippen molar-refractivity contribution in [1.29, 1.82) is 0 Å². The summed E-state index contributed by atoms with van der Waals surface area (Å²) in [5, 5.41) is 2.67. The van der Waals surface area contributed by atoms with Crippen molar-refractivity contribution in [3.05, 3.63) is 29.3 Å². The highest BCUT2D eigenvalue weighted by Crippen LogP contribution is 2.22. The Bertz CT molecular complexity index is 809. The molecule has 2 heterocycles. The van der Waals surface area contributed by atoms with Crippen molar-refractivity contribution in [3.8, 4) is 0 Å². The first-order chi connectivity index (χ1) is 14.3. The van der Waals surface area contributed by atoms with Crippen molar-refractivity contribution in [2.24, 2.45) is 5.92 Å². The van der Waals surface area contributed by atoms with Gasteiger partial charge in [-0.2, -0.15) is 0 Å². The van der Waals surface area contributed by atoms with Crippen LogP contribution in [0.25, 0.3) is 0 Å². The number of rotatable bonds is 4. The predicted octanol–water partition coefficient (Wildman–Crippen LogP) is 1.92. The van der Waals surface area contributed by atoms with Gasteiger partial charge in [-0.05, 0) is 44.7 Å². The number of benzene rings is 1. The molecule has 3 amide bonds. The summed E-state index contributed by atoms with van der Waals surface area (Å²) in [5.41, 5.74) is 4.64. The van der Waals surface area contributed by atoms with Gasteiger partial charge in [0.25, 0.3) is 5.91 Å². The van der Waals surface area contributed by atoms with E-state index in [1.807, 2.05) is 6.92 Å². The summed E-state index contributed by atoms with van der Waals surface area (Å²) in [6.07, 6.45) is 3.05. The highest BCUT2D eigenvalue weighted by molar-refractivity contribution is 5.95. The fraction of sp³-hybridized carbons (Fsp3) is 0.571. The molecule has 0 bridgehead atoms. The molecule has 2 atom stereocenters. The van der Waals surface area contributed by atoms with Gasteiger partial charge in [-0.1, -0.05) is 0 Å². The summed E-state index contributed by atoms with van der Waals surface area (Å²) in [4.78, 5) is 40.9. The lowest BCUT2D eigenvalue weighted by molar-refractivity contribution is -0.143. The minimum absolute atomic E-state index is 0.0352. The number of hydrogen-bond donors (Lipinski definition) is 2. The first-order valence-corrected chi connectivity index (χ1v) is 10.4. The number of nitrogens with zero attached hydrogens (tertiary/aromatic N) is 2. The van der Waals surface area contributed by atoms with Crippen LogP contribution in [-0.2, 0) is 9.59 Å². The Balaban J connectivity index is 1.67. The van der Waals surface area contributed by atoms with E-state index < -0.39 is 29.1 Å². The Morgan fingerprint density at radius 2 is 1.87 bits per heavy atom. The van der Waals surface area contributed by atoms with Gasteiger partial charge in [0.2, 0.25) is 11.8 Å². The second-order valence-electron chi connectivity index (χ2n) is 7.98. The van der Waals surface area contributed by atoms with E-state index in [1.54, 1.807) is 9.80 Å². The summed E-state index contributed by atoms with van der Waals surface area (Å²) in [7, 11) is 0. The summed E-state index contributed by atoms with van der Waals surface area (Å²) in [6.45, 7) is 3.70. The normalized spacial score (nSPS) is 22.6. The lowest BCUT2D eigenvalue weighted by Gasteiger charge is -2.35. The highest BCUT2D eigenvalue weighted by atomic mass is 19.1. The van der Waals surface area contributed by atoms with Crippen LogP contribution in [0.3, 0.4) is 0 Å². The molecule has 2 saturated heterocycles. The smallest absolute Gasteiger partial charge is 0.257 e. The molecule has 2 aliphatic heterocycles. The molecular weight excluding hydrogens is 394 g/mol. The lowest BCUT2D eigenvalue weighted by atomic mass is 9.95. The minimum Gasteiger partial charge on any atom is -0.399 e. The average Bonchev–Trinajstić information content (AvgIpc) is 2.92. The number of piperidine rings is 1. The fourth-order valence-electron chi connectivity index (χ4n) is 4.21. The van der Waals surface area contributed by atoms with Crippen LogP contribution >= 0.6 is 0 Å². The summed E-state index contributed by atoms with van der Waals surface area (Å²) >= 11 is 0. The molecule has 0 aromatic heterocycles. The van der Waals surface area contributed by atoms with E-state index in [2.05, 4.69) is 5.32 Å². The molecule has 2 fully saturated rings. The van der Waals surface area contributed by atoms with Gasteiger partial charge in [-0.15, -0.1) is 0 Å². The van der Waals surface area contributed by atoms with Crippen LogP contribution in [0.2, 0.25) is 0 Å². The Hall–Kier alpha value is -2.71. The van der Waals surface area contributed by atoms with Crippen molar-refractivity contribution >= 4 is 23.4 Å². The van der Waals surface area contributed by atoms with E-state index in [0.29, 0.717) is 38.9 Å². The summed E-state index contributed by atoms with van der Waals surface area (Å²) in [5.74, 6) is -3.12. The number of nitrogens with two attached hydrogens (primary N) is 1. The molecule has 1 aromatic carbocycles. The zero-order chi connectivity index (χ0) is 21.8. The molecule has 0 saturated carbocycles. The van der Waals surface area contributed by atoms with Crippen molar-refractivity contribution in [1.82, 2.24) is 15.1 Å². The van der Waals surface area contributed by atoms with Gasteiger partial charge < -0.3 is 20.9 Å². The Labute approximate surface area is 174 Å². The zero-order valence-electron chi connectivity index (χ0n) is 17.1. The van der Waals surface area contributed by atoms with Gasteiger partial charge in [0, 0.05) is 44.3 Å². The van der Waals surface area contributed by atoms with Gasteiger partial charge in [0.1, 0.15) is 17.2 Å². The molecule has 3 N–H and O–H groups in total. The number of nitrogen functional groups attached to an aromatic ring is 1. The Morgan fingerprint density at radius 1 is 1.17 bits per heavy atom. The first-order valence-electron chi connectivity index (χ1n) is 10.4. The van der Waals surface area contributed by atoms with Crippen LogP contribution in [0.15, 0.2) is 12.1 Å². The largest absolute Gasteiger partial charge is 0.399 e. The molecule has 2 unspecified atom stereocenters. The van der Waals surface area contributed by atoms with E-state index in [1.165, 1.54) is 0 Å². The second-order valence-corrected chi connectivity index (χ2v) is 7.98. The number of hydrogen-bond acceptors (Lipinski definition) is 4. The predicted molar refractivity (Wildman–Crippen MR) is 107 cm³/mol. The van der Waals surface area contributed by atoms with Gasteiger partial charge in [0.05, 0.1) is 5.92 Å². The molecule has 164 valence electrons. The van der Waals surface area contributed by atoms with Crippen molar-refractivity contribution in [3.63, 3.8) is 0 Å². The second kappa shape index (κ2) is 9.40. The standard InChI is InChI=1S/C21H28F2N4O3/c1-2-26-11-13(6-7-18(26)28)21(30)27-8-4-3-5-15(12-27)25-20(29)19-16(22)9-14(24)10-17(19)23/h9-10,13,15H,2-8,11-12,24H2,1H3,(H,25,29). The third-order valence-corrected chi connectivity index (χ3v) is 5.84. The zero-order valence-corrected chi connectivity index (χ0v) is 17.1. The lowest BCUT2D eigenvalue weighted by Crippen LogP contribution is -2.50.